The molecule has 1 aliphatic carbocycles. The third kappa shape index (κ3) is 3.90. The molecule has 0 aliphatic heterocycles. The van der Waals surface area contributed by atoms with Gasteiger partial charge in [-0.15, -0.1) is 0 Å². The van der Waals surface area contributed by atoms with E-state index in [9.17, 15) is 0 Å². The Morgan fingerprint density at radius 3 is 2.30 bits per heavy atom. The summed E-state index contributed by atoms with van der Waals surface area (Å²) in [5.74, 6) is 0. The molecule has 0 saturated heterocycles. The maximum absolute atomic E-state index is 6.49. The van der Waals surface area contributed by atoms with E-state index in [-0.39, 0.29) is 6.04 Å². The molecule has 1 aliphatic rings. The monoisotopic (exact) mass is 393 g/mol. The molecule has 2 atom stereocenters. The number of fused-ring (bicyclic) bond motifs is 1. The van der Waals surface area contributed by atoms with Gasteiger partial charge in [-0.2, -0.15) is 0 Å². The van der Waals surface area contributed by atoms with E-state index in [0.717, 1.165) is 0 Å². The van der Waals surface area contributed by atoms with E-state index >= 15 is 0 Å². The fraction of sp³-hybridized carbons (Fsp3) is 0.333. The lowest BCUT2D eigenvalue weighted by molar-refractivity contribution is 0.507. The molecular formula is C24H28NPS. The molecule has 0 heterocycles. The number of benzene rings is 3. The first-order valence-corrected chi connectivity index (χ1v) is 13.0. The molecule has 140 valence electrons. The molecule has 1 saturated carbocycles. The van der Waals surface area contributed by atoms with Crippen LogP contribution in [-0.2, 0) is 11.8 Å². The van der Waals surface area contributed by atoms with Crippen LogP contribution in [-0.4, -0.2) is 5.66 Å². The maximum Gasteiger partial charge on any atom is 0.0438 e. The van der Waals surface area contributed by atoms with Gasteiger partial charge in [0.2, 0.25) is 0 Å². The minimum absolute atomic E-state index is 0.240. The van der Waals surface area contributed by atoms with Gasteiger partial charge >= 0.3 is 0 Å². The highest BCUT2D eigenvalue weighted by Gasteiger charge is 2.32. The molecule has 0 unspecified atom stereocenters. The van der Waals surface area contributed by atoms with Crippen LogP contribution in [0.2, 0.25) is 0 Å². The standard InChI is InChI=1S/C24H28NPS/c1-19(23-18-10-12-20-11-8-9-17-24(20)23)25-26(27,21-13-4-2-5-14-21)22-15-6-3-7-16-22/h2,4-5,8-14,17-19,22H,3,6-7,15-16H2,1H3,(H,25,27)/t19-,26+/m0/s1. The van der Waals surface area contributed by atoms with E-state index in [0.29, 0.717) is 5.66 Å². The first-order valence-electron chi connectivity index (χ1n) is 10.1. The Balaban J connectivity index is 1.72. The number of rotatable bonds is 5. The zero-order chi connectivity index (χ0) is 18.7. The van der Waals surface area contributed by atoms with E-state index in [4.69, 9.17) is 11.8 Å². The molecule has 0 bridgehead atoms. The van der Waals surface area contributed by atoms with Gasteiger partial charge in [0.05, 0.1) is 0 Å². The van der Waals surface area contributed by atoms with Crippen LogP contribution in [0.5, 0.6) is 0 Å². The van der Waals surface area contributed by atoms with Gasteiger partial charge in [0.25, 0.3) is 0 Å². The Morgan fingerprint density at radius 1 is 0.852 bits per heavy atom. The lowest BCUT2D eigenvalue weighted by atomic mass is 10.0. The number of hydrogen-bond donors (Lipinski definition) is 1. The van der Waals surface area contributed by atoms with Crippen LogP contribution < -0.4 is 10.4 Å². The summed E-state index contributed by atoms with van der Waals surface area (Å²) in [7, 11) is 0. The van der Waals surface area contributed by atoms with Gasteiger partial charge in [-0.1, -0.05) is 104 Å². The van der Waals surface area contributed by atoms with Crippen molar-refractivity contribution in [3.05, 3.63) is 78.4 Å². The summed E-state index contributed by atoms with van der Waals surface area (Å²) in [5.41, 5.74) is 1.97. The zero-order valence-electron chi connectivity index (χ0n) is 16.0. The van der Waals surface area contributed by atoms with Crippen molar-refractivity contribution in [2.24, 2.45) is 0 Å². The molecule has 0 aromatic heterocycles. The lowest BCUT2D eigenvalue weighted by Crippen LogP contribution is -2.31. The second-order valence-electron chi connectivity index (χ2n) is 7.70. The minimum Gasteiger partial charge on any atom is -0.278 e. The summed E-state index contributed by atoms with van der Waals surface area (Å²) in [6.07, 6.45) is 4.67. The molecule has 3 aromatic rings. The smallest absolute Gasteiger partial charge is 0.0438 e. The van der Waals surface area contributed by atoms with Crippen molar-refractivity contribution >= 4 is 34.1 Å². The van der Waals surface area contributed by atoms with E-state index in [1.165, 1.54) is 53.7 Å². The average molecular weight is 394 g/mol. The van der Waals surface area contributed by atoms with Crippen LogP contribution in [0, 0.1) is 0 Å². The second-order valence-corrected chi connectivity index (χ2v) is 12.3. The molecule has 3 aromatic carbocycles. The van der Waals surface area contributed by atoms with Crippen molar-refractivity contribution < 1.29 is 0 Å². The van der Waals surface area contributed by atoms with E-state index < -0.39 is 6.19 Å². The van der Waals surface area contributed by atoms with E-state index in [1.54, 1.807) is 0 Å². The summed E-state index contributed by atoms with van der Waals surface area (Å²) < 4.78 is 0. The third-order valence-corrected chi connectivity index (χ3v) is 11.1. The van der Waals surface area contributed by atoms with Crippen molar-refractivity contribution in [2.45, 2.75) is 50.7 Å². The second kappa shape index (κ2) is 8.27. The Morgan fingerprint density at radius 2 is 1.52 bits per heavy atom. The molecule has 1 N–H and O–H groups in total. The molecule has 0 amide bonds. The average Bonchev–Trinajstić information content (AvgIpc) is 2.74. The van der Waals surface area contributed by atoms with Gasteiger partial charge in [-0.05, 0) is 41.4 Å². The van der Waals surface area contributed by atoms with Gasteiger partial charge in [0.15, 0.2) is 0 Å². The van der Waals surface area contributed by atoms with Crippen LogP contribution in [0.15, 0.2) is 72.8 Å². The zero-order valence-corrected chi connectivity index (χ0v) is 17.7. The molecule has 1 fully saturated rings. The molecule has 3 heteroatoms. The highest BCUT2D eigenvalue weighted by molar-refractivity contribution is 8.17. The minimum atomic E-state index is -1.86. The van der Waals surface area contributed by atoms with Gasteiger partial charge in [-0.25, -0.2) is 0 Å². The summed E-state index contributed by atoms with van der Waals surface area (Å²) in [6, 6.07) is 26.4. The predicted molar refractivity (Wildman–Crippen MR) is 123 cm³/mol. The van der Waals surface area contributed by atoms with Crippen LogP contribution in [0.4, 0.5) is 0 Å². The normalized spacial score (nSPS) is 18.9. The Bertz CT molecular complexity index is 942. The number of nitrogens with one attached hydrogen (secondary N) is 1. The van der Waals surface area contributed by atoms with Crippen molar-refractivity contribution in [3.63, 3.8) is 0 Å². The van der Waals surface area contributed by atoms with Crippen molar-refractivity contribution in [3.8, 4) is 0 Å². The molecule has 27 heavy (non-hydrogen) atoms. The topological polar surface area (TPSA) is 12.0 Å². The first kappa shape index (κ1) is 18.9. The van der Waals surface area contributed by atoms with Crippen LogP contribution >= 0.6 is 6.19 Å². The molecule has 4 rings (SSSR count). The molecule has 0 spiro atoms. The Kier molecular flexibility index (Phi) is 5.78. The maximum atomic E-state index is 6.49. The summed E-state index contributed by atoms with van der Waals surface area (Å²) in [6.45, 7) is 2.29. The van der Waals surface area contributed by atoms with Gasteiger partial charge in [0.1, 0.15) is 0 Å². The Labute approximate surface area is 168 Å². The molecular weight excluding hydrogens is 365 g/mol. The summed E-state index contributed by atoms with van der Waals surface area (Å²) >= 11 is 6.49. The largest absolute Gasteiger partial charge is 0.278 e. The third-order valence-electron chi connectivity index (χ3n) is 5.90. The van der Waals surface area contributed by atoms with Gasteiger partial charge in [0, 0.05) is 17.9 Å². The van der Waals surface area contributed by atoms with Crippen LogP contribution in [0.25, 0.3) is 10.8 Å². The highest BCUT2D eigenvalue weighted by Crippen LogP contribution is 2.53. The van der Waals surface area contributed by atoms with Crippen molar-refractivity contribution in [1.29, 1.82) is 0 Å². The highest BCUT2D eigenvalue weighted by atomic mass is 32.4. The van der Waals surface area contributed by atoms with Crippen LogP contribution in [0.1, 0.15) is 50.6 Å². The Hall–Kier alpha value is -1.47. The van der Waals surface area contributed by atoms with E-state index in [1.807, 2.05) is 0 Å². The van der Waals surface area contributed by atoms with Crippen molar-refractivity contribution in [1.82, 2.24) is 5.09 Å². The van der Waals surface area contributed by atoms with Crippen molar-refractivity contribution in [2.75, 3.05) is 0 Å². The lowest BCUT2D eigenvalue weighted by Gasteiger charge is -2.37. The fourth-order valence-electron chi connectivity index (χ4n) is 4.47. The first-order chi connectivity index (χ1) is 13.2. The SMILES string of the molecule is C[C@H](N[P@@](=S)(c1ccccc1)C1CCCCC1)c1cccc2ccccc12. The fourth-order valence-corrected chi connectivity index (χ4v) is 9.15. The molecule has 1 nitrogen and oxygen atoms in total. The predicted octanol–water partition coefficient (Wildman–Crippen LogP) is 6.54. The van der Waals surface area contributed by atoms with E-state index in [2.05, 4.69) is 84.8 Å². The quantitative estimate of drug-likeness (QED) is 0.494. The summed E-state index contributed by atoms with van der Waals surface area (Å²) in [5, 5.41) is 7.99. The van der Waals surface area contributed by atoms with Gasteiger partial charge < -0.3 is 0 Å². The molecule has 0 radical (unpaired) electrons. The van der Waals surface area contributed by atoms with Crippen LogP contribution in [0.3, 0.4) is 0 Å². The van der Waals surface area contributed by atoms with Gasteiger partial charge in [-0.3, -0.25) is 5.09 Å². The number of hydrogen-bond acceptors (Lipinski definition) is 1. The summed E-state index contributed by atoms with van der Waals surface area (Å²) in [4.78, 5) is 0.